The Bertz CT molecular complexity index is 674. The van der Waals surface area contributed by atoms with E-state index in [0.717, 1.165) is 5.56 Å². The van der Waals surface area contributed by atoms with Crippen molar-refractivity contribution in [2.45, 2.75) is 0 Å². The molecule has 7 nitrogen and oxygen atoms in total. The van der Waals surface area contributed by atoms with E-state index in [1.165, 1.54) is 18.6 Å². The summed E-state index contributed by atoms with van der Waals surface area (Å²) in [6.45, 7) is 3.86. The minimum absolute atomic E-state index is 0.204. The summed E-state index contributed by atoms with van der Waals surface area (Å²) < 4.78 is 10.4. The molecule has 0 saturated heterocycles. The van der Waals surface area contributed by atoms with E-state index in [1.807, 2.05) is 0 Å². The molecule has 1 heterocycles. The second-order valence-corrected chi connectivity index (χ2v) is 4.22. The highest BCUT2D eigenvalue weighted by Crippen LogP contribution is 2.29. The van der Waals surface area contributed by atoms with Crippen molar-refractivity contribution < 1.29 is 14.3 Å². The molecule has 114 valence electrons. The van der Waals surface area contributed by atoms with Gasteiger partial charge in [0.2, 0.25) is 0 Å². The number of hydrogen-bond acceptors (Lipinski definition) is 6. The fourth-order valence-corrected chi connectivity index (χ4v) is 1.71. The molecule has 2 rings (SSSR count). The average Bonchev–Trinajstić information content (AvgIpc) is 2.59. The zero-order valence-electron chi connectivity index (χ0n) is 12.3. The highest BCUT2D eigenvalue weighted by atomic mass is 16.5. The molecule has 0 saturated carbocycles. The zero-order chi connectivity index (χ0) is 15.9. The molecule has 0 unspecified atom stereocenters. The number of nitrogens with one attached hydrogen (secondary N) is 2. The van der Waals surface area contributed by atoms with Crippen LogP contribution in [-0.2, 0) is 0 Å². The second-order valence-electron chi connectivity index (χ2n) is 4.22. The number of methoxy groups -OCH3 is 2. The number of aromatic nitrogens is 2. The van der Waals surface area contributed by atoms with E-state index in [4.69, 9.17) is 9.47 Å². The Morgan fingerprint density at radius 3 is 2.55 bits per heavy atom. The molecular formula is C15H16N4O3. The van der Waals surface area contributed by atoms with Gasteiger partial charge in [-0.25, -0.2) is 4.98 Å². The van der Waals surface area contributed by atoms with Crippen molar-refractivity contribution in [3.63, 3.8) is 0 Å². The van der Waals surface area contributed by atoms with Gasteiger partial charge in [-0.2, -0.15) is 0 Å². The van der Waals surface area contributed by atoms with Crippen molar-refractivity contribution in [2.75, 3.05) is 14.2 Å². The number of rotatable bonds is 6. The van der Waals surface area contributed by atoms with Crippen molar-refractivity contribution in [3.8, 4) is 11.5 Å². The maximum absolute atomic E-state index is 11.8. The van der Waals surface area contributed by atoms with Crippen LogP contribution in [-0.4, -0.2) is 30.1 Å². The van der Waals surface area contributed by atoms with E-state index < -0.39 is 5.91 Å². The van der Waals surface area contributed by atoms with Crippen LogP contribution in [0.1, 0.15) is 16.1 Å². The summed E-state index contributed by atoms with van der Waals surface area (Å²) in [5.74, 6) is 0.778. The first kappa shape index (κ1) is 15.3. The molecule has 1 amide bonds. The average molecular weight is 300 g/mol. The second kappa shape index (κ2) is 7.07. The Morgan fingerprint density at radius 1 is 1.14 bits per heavy atom. The van der Waals surface area contributed by atoms with Crippen LogP contribution in [0.5, 0.6) is 11.5 Å². The molecule has 0 atom stereocenters. The van der Waals surface area contributed by atoms with Gasteiger partial charge in [-0.05, 0) is 18.2 Å². The molecule has 1 aromatic heterocycles. The van der Waals surface area contributed by atoms with Gasteiger partial charge in [0.15, 0.2) is 11.5 Å². The third-order valence-electron chi connectivity index (χ3n) is 2.85. The number of hydrazine groups is 1. The van der Waals surface area contributed by atoms with E-state index in [-0.39, 0.29) is 5.69 Å². The Hall–Kier alpha value is -3.09. The normalized spacial score (nSPS) is 9.73. The van der Waals surface area contributed by atoms with Crippen LogP contribution in [0.15, 0.2) is 43.4 Å². The number of amides is 1. The van der Waals surface area contributed by atoms with Crippen molar-refractivity contribution in [1.29, 1.82) is 0 Å². The number of carbonyl (C=O) groups excluding carboxylic acids is 1. The molecule has 0 aliphatic carbocycles. The van der Waals surface area contributed by atoms with Crippen molar-refractivity contribution in [2.24, 2.45) is 0 Å². The van der Waals surface area contributed by atoms with Crippen LogP contribution in [0.4, 0.5) is 0 Å². The van der Waals surface area contributed by atoms with Crippen LogP contribution >= 0.6 is 0 Å². The number of carbonyl (C=O) groups is 1. The Balaban J connectivity index is 2.02. The van der Waals surface area contributed by atoms with Crippen LogP contribution in [0, 0.1) is 0 Å². The molecule has 7 heteroatoms. The first-order chi connectivity index (χ1) is 10.7. The van der Waals surface area contributed by atoms with Crippen LogP contribution < -0.4 is 20.3 Å². The highest BCUT2D eigenvalue weighted by Gasteiger charge is 2.09. The fraction of sp³-hybridized carbons (Fsp3) is 0.133. The first-order valence-corrected chi connectivity index (χ1v) is 6.39. The third-order valence-corrected chi connectivity index (χ3v) is 2.85. The van der Waals surface area contributed by atoms with Crippen molar-refractivity contribution >= 4 is 11.6 Å². The Kier molecular flexibility index (Phi) is 4.92. The SMILES string of the molecule is C=C(NNC(=O)c1cnccn1)c1ccc(OC)c(OC)c1. The fourth-order valence-electron chi connectivity index (χ4n) is 1.71. The summed E-state index contributed by atoms with van der Waals surface area (Å²) in [7, 11) is 3.11. The summed E-state index contributed by atoms with van der Waals surface area (Å²) in [5, 5.41) is 0. The summed E-state index contributed by atoms with van der Waals surface area (Å²) in [5.41, 5.74) is 6.68. The number of ether oxygens (including phenoxy) is 2. The minimum Gasteiger partial charge on any atom is -0.493 e. The maximum Gasteiger partial charge on any atom is 0.289 e. The quantitative estimate of drug-likeness (QED) is 0.784. The molecule has 1 aromatic carbocycles. The summed E-state index contributed by atoms with van der Waals surface area (Å²) in [4.78, 5) is 19.6. The van der Waals surface area contributed by atoms with Crippen molar-refractivity contribution in [3.05, 3.63) is 54.6 Å². The lowest BCUT2D eigenvalue weighted by Gasteiger charge is -2.13. The summed E-state index contributed by atoms with van der Waals surface area (Å²) in [6.07, 6.45) is 4.31. The molecule has 22 heavy (non-hydrogen) atoms. The largest absolute Gasteiger partial charge is 0.493 e. The number of nitrogens with zero attached hydrogens (tertiary/aromatic N) is 2. The van der Waals surface area contributed by atoms with Gasteiger partial charge in [-0.15, -0.1) is 0 Å². The smallest absolute Gasteiger partial charge is 0.289 e. The van der Waals surface area contributed by atoms with Crippen molar-refractivity contribution in [1.82, 2.24) is 20.8 Å². The third kappa shape index (κ3) is 3.51. The van der Waals surface area contributed by atoms with Gasteiger partial charge in [-0.3, -0.25) is 20.6 Å². The standard InChI is InChI=1S/C15H16N4O3/c1-10(11-4-5-13(21-2)14(8-11)22-3)18-19-15(20)12-9-16-6-7-17-12/h4-9,18H,1H2,2-3H3,(H,19,20). The molecule has 2 aromatic rings. The van der Waals surface area contributed by atoms with Crippen LogP contribution in [0.3, 0.4) is 0 Å². The monoisotopic (exact) mass is 300 g/mol. The predicted octanol–water partition coefficient (Wildman–Crippen LogP) is 1.40. The molecule has 0 radical (unpaired) electrons. The molecule has 2 N–H and O–H groups in total. The van der Waals surface area contributed by atoms with Crippen LogP contribution in [0.25, 0.3) is 5.70 Å². The predicted molar refractivity (Wildman–Crippen MR) is 81.2 cm³/mol. The van der Waals surface area contributed by atoms with Gasteiger partial charge in [0.05, 0.1) is 26.1 Å². The lowest BCUT2D eigenvalue weighted by Crippen LogP contribution is -2.36. The minimum atomic E-state index is -0.408. The maximum atomic E-state index is 11.8. The highest BCUT2D eigenvalue weighted by molar-refractivity contribution is 5.92. The van der Waals surface area contributed by atoms with Gasteiger partial charge in [-0.1, -0.05) is 6.58 Å². The van der Waals surface area contributed by atoms with Crippen LogP contribution in [0.2, 0.25) is 0 Å². The lowest BCUT2D eigenvalue weighted by atomic mass is 10.1. The van der Waals surface area contributed by atoms with Gasteiger partial charge in [0.25, 0.3) is 5.91 Å². The van der Waals surface area contributed by atoms with E-state index in [1.54, 1.807) is 32.4 Å². The van der Waals surface area contributed by atoms with E-state index >= 15 is 0 Å². The summed E-state index contributed by atoms with van der Waals surface area (Å²) >= 11 is 0. The first-order valence-electron chi connectivity index (χ1n) is 6.39. The number of benzene rings is 1. The van der Waals surface area contributed by atoms with Gasteiger partial charge >= 0.3 is 0 Å². The number of hydrogen-bond donors (Lipinski definition) is 2. The molecule has 0 aliphatic rings. The van der Waals surface area contributed by atoms with Gasteiger partial charge < -0.3 is 9.47 Å². The lowest BCUT2D eigenvalue weighted by molar-refractivity contribution is 0.0937. The molecule has 0 bridgehead atoms. The zero-order valence-corrected chi connectivity index (χ0v) is 12.3. The Labute approximate surface area is 128 Å². The molecule has 0 aliphatic heterocycles. The van der Waals surface area contributed by atoms with E-state index in [0.29, 0.717) is 17.2 Å². The van der Waals surface area contributed by atoms with E-state index in [2.05, 4.69) is 27.4 Å². The summed E-state index contributed by atoms with van der Waals surface area (Å²) in [6, 6.07) is 5.30. The van der Waals surface area contributed by atoms with Gasteiger partial charge in [0.1, 0.15) is 5.69 Å². The van der Waals surface area contributed by atoms with E-state index in [9.17, 15) is 4.79 Å². The topological polar surface area (TPSA) is 85.4 Å². The van der Waals surface area contributed by atoms with Gasteiger partial charge in [0, 0.05) is 18.0 Å². The molecule has 0 spiro atoms. The Morgan fingerprint density at radius 2 is 1.91 bits per heavy atom. The molecule has 0 fully saturated rings. The molecular weight excluding hydrogens is 284 g/mol.